The molecule has 1 aromatic carbocycles. The van der Waals surface area contributed by atoms with Crippen molar-refractivity contribution in [1.82, 2.24) is 4.90 Å². The Balaban J connectivity index is 2.04. The van der Waals surface area contributed by atoms with E-state index in [9.17, 15) is 14.9 Å². The first-order valence-corrected chi connectivity index (χ1v) is 6.70. The molecule has 20 heavy (non-hydrogen) atoms. The van der Waals surface area contributed by atoms with Gasteiger partial charge in [-0.05, 0) is 31.0 Å². The van der Waals surface area contributed by atoms with Gasteiger partial charge in [-0.1, -0.05) is 11.6 Å². The van der Waals surface area contributed by atoms with Crippen LogP contribution in [0.25, 0.3) is 0 Å². The quantitative estimate of drug-likeness (QED) is 0.667. The Hall–Kier alpha value is -1.66. The lowest BCUT2D eigenvalue weighted by Crippen LogP contribution is -2.21. The molecule has 1 aliphatic rings. The largest absolute Gasteiger partial charge is 0.481 e. The van der Waals surface area contributed by atoms with E-state index in [-0.39, 0.29) is 18.0 Å². The molecule has 1 saturated heterocycles. The summed E-state index contributed by atoms with van der Waals surface area (Å²) in [7, 11) is 0. The average Bonchev–Trinajstić information content (AvgIpc) is 2.77. The molecule has 0 saturated carbocycles. The third-order valence-corrected chi connectivity index (χ3v) is 3.71. The van der Waals surface area contributed by atoms with Crippen LogP contribution in [0, 0.1) is 16.0 Å². The van der Waals surface area contributed by atoms with E-state index in [2.05, 4.69) is 0 Å². The predicted molar refractivity (Wildman–Crippen MR) is 73.7 cm³/mol. The standard InChI is InChI=1S/C13H15ClN2O4/c14-11-2-1-10(12(6-11)16(19)20)8-15-4-3-9(7-15)5-13(17)18/h1-2,6,9H,3-5,7-8H2,(H,17,18). The van der Waals surface area contributed by atoms with Crippen molar-refractivity contribution in [2.75, 3.05) is 13.1 Å². The maximum Gasteiger partial charge on any atom is 0.303 e. The summed E-state index contributed by atoms with van der Waals surface area (Å²) in [6, 6.07) is 4.64. The first kappa shape index (κ1) is 14.7. The lowest BCUT2D eigenvalue weighted by atomic mass is 10.1. The van der Waals surface area contributed by atoms with E-state index in [0.29, 0.717) is 23.7 Å². The van der Waals surface area contributed by atoms with Crippen LogP contribution in [0.2, 0.25) is 5.02 Å². The third kappa shape index (κ3) is 3.68. The molecule has 1 aliphatic heterocycles. The lowest BCUT2D eigenvalue weighted by Gasteiger charge is -2.15. The van der Waals surface area contributed by atoms with Crippen molar-refractivity contribution in [1.29, 1.82) is 0 Å². The number of hydrogen-bond acceptors (Lipinski definition) is 4. The minimum Gasteiger partial charge on any atom is -0.481 e. The van der Waals surface area contributed by atoms with E-state index in [4.69, 9.17) is 16.7 Å². The first-order valence-electron chi connectivity index (χ1n) is 6.32. The molecule has 1 unspecified atom stereocenters. The van der Waals surface area contributed by atoms with Gasteiger partial charge in [-0.25, -0.2) is 0 Å². The van der Waals surface area contributed by atoms with Gasteiger partial charge in [0.1, 0.15) is 0 Å². The summed E-state index contributed by atoms with van der Waals surface area (Å²) in [6.07, 6.45) is 0.965. The Morgan fingerprint density at radius 1 is 1.55 bits per heavy atom. The van der Waals surface area contributed by atoms with Crippen LogP contribution in [0.4, 0.5) is 5.69 Å². The summed E-state index contributed by atoms with van der Waals surface area (Å²) < 4.78 is 0. The number of aliphatic carboxylic acids is 1. The molecule has 0 radical (unpaired) electrons. The Morgan fingerprint density at radius 2 is 2.30 bits per heavy atom. The summed E-state index contributed by atoms with van der Waals surface area (Å²) in [6.45, 7) is 1.87. The molecule has 6 nitrogen and oxygen atoms in total. The van der Waals surface area contributed by atoms with Crippen LogP contribution in [0.3, 0.4) is 0 Å². The van der Waals surface area contributed by atoms with Crippen LogP contribution in [0.15, 0.2) is 18.2 Å². The van der Waals surface area contributed by atoms with Crippen LogP contribution in [-0.4, -0.2) is 34.0 Å². The highest BCUT2D eigenvalue weighted by atomic mass is 35.5. The molecule has 7 heteroatoms. The smallest absolute Gasteiger partial charge is 0.303 e. The molecule has 0 spiro atoms. The summed E-state index contributed by atoms with van der Waals surface area (Å²) >= 11 is 5.77. The van der Waals surface area contributed by atoms with Gasteiger partial charge in [-0.2, -0.15) is 0 Å². The molecule has 1 fully saturated rings. The highest BCUT2D eigenvalue weighted by Crippen LogP contribution is 2.27. The normalized spacial score (nSPS) is 19.1. The van der Waals surface area contributed by atoms with E-state index in [1.54, 1.807) is 12.1 Å². The van der Waals surface area contributed by atoms with Crippen molar-refractivity contribution in [3.8, 4) is 0 Å². The minimum atomic E-state index is -0.797. The van der Waals surface area contributed by atoms with Gasteiger partial charge < -0.3 is 5.11 Å². The number of nitro groups is 1. The SMILES string of the molecule is O=C(O)CC1CCN(Cc2ccc(Cl)cc2[N+](=O)[O-])C1. The number of benzene rings is 1. The second-order valence-corrected chi connectivity index (χ2v) is 5.45. The Bertz CT molecular complexity index is 535. The third-order valence-electron chi connectivity index (χ3n) is 3.47. The number of nitro benzene ring substituents is 1. The van der Waals surface area contributed by atoms with Crippen molar-refractivity contribution in [2.24, 2.45) is 5.92 Å². The number of carboxylic acids is 1. The summed E-state index contributed by atoms with van der Waals surface area (Å²) in [4.78, 5) is 23.3. The van der Waals surface area contributed by atoms with E-state index in [0.717, 1.165) is 13.0 Å². The molecular formula is C13H15ClN2O4. The fourth-order valence-corrected chi connectivity index (χ4v) is 2.72. The van der Waals surface area contributed by atoms with Gasteiger partial charge >= 0.3 is 5.97 Å². The zero-order valence-corrected chi connectivity index (χ0v) is 11.5. The van der Waals surface area contributed by atoms with Crippen LogP contribution in [-0.2, 0) is 11.3 Å². The maximum atomic E-state index is 11.0. The zero-order valence-electron chi connectivity index (χ0n) is 10.8. The highest BCUT2D eigenvalue weighted by Gasteiger charge is 2.26. The van der Waals surface area contributed by atoms with Crippen molar-refractivity contribution >= 4 is 23.3 Å². The van der Waals surface area contributed by atoms with Gasteiger partial charge in [0.25, 0.3) is 5.69 Å². The molecule has 1 N–H and O–H groups in total. The van der Waals surface area contributed by atoms with Crippen LogP contribution in [0.1, 0.15) is 18.4 Å². The van der Waals surface area contributed by atoms with Gasteiger partial charge in [0, 0.05) is 36.2 Å². The van der Waals surface area contributed by atoms with E-state index >= 15 is 0 Å². The summed E-state index contributed by atoms with van der Waals surface area (Å²) in [5, 5.41) is 20.1. The second kappa shape index (κ2) is 6.19. The van der Waals surface area contributed by atoms with Gasteiger partial charge in [-0.15, -0.1) is 0 Å². The van der Waals surface area contributed by atoms with Crippen LogP contribution in [0.5, 0.6) is 0 Å². The summed E-state index contributed by atoms with van der Waals surface area (Å²) in [5.74, 6) is -0.673. The van der Waals surface area contributed by atoms with Gasteiger partial charge in [0.05, 0.1) is 4.92 Å². The molecule has 0 amide bonds. The van der Waals surface area contributed by atoms with Gasteiger partial charge in [-0.3, -0.25) is 19.8 Å². The molecule has 2 rings (SSSR count). The fourth-order valence-electron chi connectivity index (χ4n) is 2.55. The number of likely N-dealkylation sites (tertiary alicyclic amines) is 1. The highest BCUT2D eigenvalue weighted by molar-refractivity contribution is 6.30. The number of rotatable bonds is 5. The monoisotopic (exact) mass is 298 g/mol. The summed E-state index contributed by atoms with van der Waals surface area (Å²) in [5.41, 5.74) is 0.620. The Kier molecular flexibility index (Phi) is 4.57. The molecule has 1 aromatic rings. The predicted octanol–water partition coefficient (Wildman–Crippen LogP) is 2.54. The fraction of sp³-hybridized carbons (Fsp3) is 0.462. The Labute approximate surface area is 121 Å². The van der Waals surface area contributed by atoms with Gasteiger partial charge in [0.15, 0.2) is 0 Å². The molecule has 108 valence electrons. The van der Waals surface area contributed by atoms with E-state index in [1.807, 2.05) is 4.90 Å². The van der Waals surface area contributed by atoms with Crippen molar-refractivity contribution in [3.05, 3.63) is 38.9 Å². The van der Waals surface area contributed by atoms with Crippen LogP contribution >= 0.6 is 11.6 Å². The van der Waals surface area contributed by atoms with Crippen molar-refractivity contribution in [2.45, 2.75) is 19.4 Å². The van der Waals surface area contributed by atoms with Crippen LogP contribution < -0.4 is 0 Å². The first-order chi connectivity index (χ1) is 9.45. The molecule has 0 aromatic heterocycles. The number of carbonyl (C=O) groups is 1. The van der Waals surface area contributed by atoms with E-state index in [1.165, 1.54) is 6.07 Å². The maximum absolute atomic E-state index is 11.0. The minimum absolute atomic E-state index is 0.0131. The number of hydrogen-bond donors (Lipinski definition) is 1. The van der Waals surface area contributed by atoms with Crippen molar-refractivity contribution < 1.29 is 14.8 Å². The second-order valence-electron chi connectivity index (χ2n) is 5.02. The van der Waals surface area contributed by atoms with Crippen molar-refractivity contribution in [3.63, 3.8) is 0 Å². The number of carboxylic acid groups (broad SMARTS) is 1. The number of nitrogens with zero attached hydrogens (tertiary/aromatic N) is 2. The lowest BCUT2D eigenvalue weighted by molar-refractivity contribution is -0.385. The van der Waals surface area contributed by atoms with E-state index < -0.39 is 10.9 Å². The molecule has 1 atom stereocenters. The van der Waals surface area contributed by atoms with Gasteiger partial charge in [0.2, 0.25) is 0 Å². The average molecular weight is 299 g/mol. The molecular weight excluding hydrogens is 284 g/mol. The molecule has 0 bridgehead atoms. The zero-order chi connectivity index (χ0) is 14.7. The molecule has 0 aliphatic carbocycles. The molecule has 1 heterocycles. The Morgan fingerprint density at radius 3 is 2.95 bits per heavy atom. The number of halogens is 1. The topological polar surface area (TPSA) is 83.7 Å².